The van der Waals surface area contributed by atoms with Crippen molar-refractivity contribution < 1.29 is 29.0 Å². The molecule has 0 aromatic carbocycles. The van der Waals surface area contributed by atoms with Gasteiger partial charge in [-0.25, -0.2) is 4.79 Å². The van der Waals surface area contributed by atoms with Gasteiger partial charge in [0.25, 0.3) is 0 Å². The highest BCUT2D eigenvalue weighted by Crippen LogP contribution is 2.23. The van der Waals surface area contributed by atoms with E-state index in [4.69, 9.17) is 9.47 Å². The molecule has 0 aliphatic carbocycles. The Morgan fingerprint density at radius 3 is 2.04 bits per heavy atom. The monoisotopic (exact) mass is 359 g/mol. The molecule has 0 aliphatic rings. The Morgan fingerprint density at radius 2 is 1.60 bits per heavy atom. The second-order valence-corrected chi connectivity index (χ2v) is 7.12. The summed E-state index contributed by atoms with van der Waals surface area (Å²) in [6, 6.07) is 0. The van der Waals surface area contributed by atoms with Gasteiger partial charge in [0.15, 0.2) is 0 Å². The molecule has 0 bridgehead atoms. The number of hydrogen-bond donors (Lipinski definition) is 2. The van der Waals surface area contributed by atoms with Crippen molar-refractivity contribution in [3.05, 3.63) is 0 Å². The van der Waals surface area contributed by atoms with Crippen LogP contribution in [0.1, 0.15) is 60.8 Å². The van der Waals surface area contributed by atoms with Crippen LogP contribution in [0.25, 0.3) is 0 Å². The maximum absolute atomic E-state index is 11.7. The van der Waals surface area contributed by atoms with Crippen molar-refractivity contribution >= 4 is 18.0 Å². The molecule has 0 aliphatic heterocycles. The van der Waals surface area contributed by atoms with Crippen LogP contribution in [0.3, 0.4) is 0 Å². The van der Waals surface area contributed by atoms with Crippen molar-refractivity contribution in [1.82, 2.24) is 5.32 Å². The fraction of sp³-hybridized carbons (Fsp3) is 0.833. The Bertz CT molecular complexity index is 435. The number of carboxylic acids is 1. The zero-order chi connectivity index (χ0) is 19.6. The van der Waals surface area contributed by atoms with Crippen LogP contribution in [0.5, 0.6) is 0 Å². The molecule has 2 N–H and O–H groups in total. The summed E-state index contributed by atoms with van der Waals surface area (Å²) in [6.07, 6.45) is 0.527. The largest absolute Gasteiger partial charge is 0.481 e. The SMILES string of the molecule is CC[C@@H](CC(C)C)C[C@@H](CNC(=O)O[C@H](C)OC(=O)C(C)C)C(=O)O. The Morgan fingerprint density at radius 1 is 1.00 bits per heavy atom. The Balaban J connectivity index is 4.43. The van der Waals surface area contributed by atoms with Gasteiger partial charge in [-0.15, -0.1) is 0 Å². The molecule has 0 unspecified atom stereocenters. The number of rotatable bonds is 11. The normalized spacial score (nSPS) is 14.7. The van der Waals surface area contributed by atoms with Crippen molar-refractivity contribution in [3.8, 4) is 0 Å². The van der Waals surface area contributed by atoms with Crippen LogP contribution in [0.15, 0.2) is 0 Å². The van der Waals surface area contributed by atoms with Crippen LogP contribution >= 0.6 is 0 Å². The number of carbonyl (C=O) groups is 3. The second-order valence-electron chi connectivity index (χ2n) is 7.12. The average molecular weight is 359 g/mol. The van der Waals surface area contributed by atoms with Crippen molar-refractivity contribution in [2.24, 2.45) is 23.7 Å². The van der Waals surface area contributed by atoms with Crippen LogP contribution in [0.4, 0.5) is 4.79 Å². The number of amides is 1. The third-order valence-electron chi connectivity index (χ3n) is 3.87. The zero-order valence-corrected chi connectivity index (χ0v) is 16.2. The number of carbonyl (C=O) groups excluding carboxylic acids is 2. The highest BCUT2D eigenvalue weighted by atomic mass is 16.7. The molecule has 1 amide bonds. The standard InChI is InChI=1S/C18H33NO6/c1-7-14(8-11(2)3)9-15(16(20)21)10-19-18(23)25-13(6)24-17(22)12(4)5/h11-15H,7-10H2,1-6H3,(H,19,23)(H,20,21)/t13-,14+,15+/m1/s1. The quantitative estimate of drug-likeness (QED) is 0.433. The lowest BCUT2D eigenvalue weighted by atomic mass is 9.86. The highest BCUT2D eigenvalue weighted by molar-refractivity contribution is 5.73. The summed E-state index contributed by atoms with van der Waals surface area (Å²) in [5.41, 5.74) is 0. The number of aliphatic carboxylic acids is 1. The minimum Gasteiger partial charge on any atom is -0.481 e. The van der Waals surface area contributed by atoms with Gasteiger partial charge < -0.3 is 19.9 Å². The zero-order valence-electron chi connectivity index (χ0n) is 16.2. The fourth-order valence-corrected chi connectivity index (χ4v) is 2.49. The lowest BCUT2D eigenvalue weighted by molar-refractivity contribution is -0.168. The minimum absolute atomic E-state index is 0.0202. The summed E-state index contributed by atoms with van der Waals surface area (Å²) in [4.78, 5) is 34.6. The molecular weight excluding hydrogens is 326 g/mol. The first-order valence-corrected chi connectivity index (χ1v) is 8.94. The van der Waals surface area contributed by atoms with Gasteiger partial charge in [0, 0.05) is 13.5 Å². The molecule has 7 nitrogen and oxygen atoms in total. The van der Waals surface area contributed by atoms with Crippen LogP contribution in [-0.2, 0) is 19.1 Å². The molecule has 0 radical (unpaired) electrons. The van der Waals surface area contributed by atoms with Crippen LogP contribution in [-0.4, -0.2) is 36.0 Å². The summed E-state index contributed by atoms with van der Waals surface area (Å²) in [7, 11) is 0. The van der Waals surface area contributed by atoms with Crippen molar-refractivity contribution in [3.63, 3.8) is 0 Å². The van der Waals surface area contributed by atoms with Gasteiger partial charge in [0.05, 0.1) is 11.8 Å². The molecule has 0 rings (SSSR count). The number of nitrogens with one attached hydrogen (secondary N) is 1. The van der Waals surface area contributed by atoms with Gasteiger partial charge in [-0.3, -0.25) is 9.59 Å². The summed E-state index contributed by atoms with van der Waals surface area (Å²) >= 11 is 0. The molecule has 0 heterocycles. The number of ether oxygens (including phenoxy) is 2. The van der Waals surface area contributed by atoms with Crippen LogP contribution in [0.2, 0.25) is 0 Å². The molecule has 7 heteroatoms. The molecular formula is C18H33NO6. The van der Waals surface area contributed by atoms with Crippen molar-refractivity contribution in [1.29, 1.82) is 0 Å². The highest BCUT2D eigenvalue weighted by Gasteiger charge is 2.24. The van der Waals surface area contributed by atoms with Crippen molar-refractivity contribution in [2.75, 3.05) is 6.54 Å². The first kappa shape index (κ1) is 23.2. The maximum atomic E-state index is 11.7. The number of esters is 1. The van der Waals surface area contributed by atoms with Crippen molar-refractivity contribution in [2.45, 2.75) is 67.1 Å². The summed E-state index contributed by atoms with van der Waals surface area (Å²) in [5.74, 6) is -1.62. The fourth-order valence-electron chi connectivity index (χ4n) is 2.49. The van der Waals surface area contributed by atoms with E-state index in [-0.39, 0.29) is 12.5 Å². The lowest BCUT2D eigenvalue weighted by Gasteiger charge is -2.22. The summed E-state index contributed by atoms with van der Waals surface area (Å²) in [5, 5.41) is 11.8. The third kappa shape index (κ3) is 10.6. The van der Waals surface area contributed by atoms with E-state index < -0.39 is 30.2 Å². The van der Waals surface area contributed by atoms with E-state index in [0.717, 1.165) is 12.8 Å². The van der Waals surface area contributed by atoms with Gasteiger partial charge in [-0.1, -0.05) is 41.0 Å². The van der Waals surface area contributed by atoms with E-state index in [1.165, 1.54) is 6.92 Å². The van der Waals surface area contributed by atoms with Gasteiger partial charge in [0.2, 0.25) is 6.29 Å². The number of carboxylic acid groups (broad SMARTS) is 1. The lowest BCUT2D eigenvalue weighted by Crippen LogP contribution is -2.36. The Labute approximate surface area is 150 Å². The molecule has 0 spiro atoms. The summed E-state index contributed by atoms with van der Waals surface area (Å²) < 4.78 is 9.84. The van der Waals surface area contributed by atoms with Gasteiger partial charge in [0.1, 0.15) is 0 Å². The number of hydrogen-bond acceptors (Lipinski definition) is 5. The van der Waals surface area contributed by atoms with E-state index in [9.17, 15) is 19.5 Å². The summed E-state index contributed by atoms with van der Waals surface area (Å²) in [6.45, 7) is 11.0. The number of alkyl carbamates (subject to hydrolysis) is 1. The predicted molar refractivity (Wildman–Crippen MR) is 93.9 cm³/mol. The topological polar surface area (TPSA) is 102 Å². The van der Waals surface area contributed by atoms with Gasteiger partial charge in [-0.05, 0) is 24.7 Å². The van der Waals surface area contributed by atoms with Gasteiger partial charge >= 0.3 is 18.0 Å². The van der Waals surface area contributed by atoms with E-state index in [1.807, 2.05) is 6.92 Å². The Hall–Kier alpha value is -1.79. The second kappa shape index (κ2) is 11.7. The molecule has 0 saturated carbocycles. The average Bonchev–Trinajstić information content (AvgIpc) is 2.48. The van der Waals surface area contributed by atoms with E-state index >= 15 is 0 Å². The molecule has 0 fully saturated rings. The minimum atomic E-state index is -1.03. The van der Waals surface area contributed by atoms with E-state index in [0.29, 0.717) is 18.3 Å². The van der Waals surface area contributed by atoms with Crippen LogP contribution < -0.4 is 5.32 Å². The molecule has 3 atom stereocenters. The smallest absolute Gasteiger partial charge is 0.410 e. The molecule has 146 valence electrons. The third-order valence-corrected chi connectivity index (χ3v) is 3.87. The molecule has 25 heavy (non-hydrogen) atoms. The van der Waals surface area contributed by atoms with Gasteiger partial charge in [-0.2, -0.15) is 0 Å². The maximum Gasteiger partial charge on any atom is 0.410 e. The molecule has 0 saturated heterocycles. The molecule has 0 aromatic heterocycles. The van der Waals surface area contributed by atoms with E-state index in [1.54, 1.807) is 13.8 Å². The Kier molecular flexibility index (Phi) is 10.9. The predicted octanol–water partition coefficient (Wildman–Crippen LogP) is 3.42. The van der Waals surface area contributed by atoms with Crippen LogP contribution in [0, 0.1) is 23.7 Å². The van der Waals surface area contributed by atoms with E-state index in [2.05, 4.69) is 19.2 Å². The first-order valence-electron chi connectivity index (χ1n) is 8.94. The first-order chi connectivity index (χ1) is 11.6. The molecule has 0 aromatic rings.